The van der Waals surface area contributed by atoms with Crippen molar-refractivity contribution in [2.24, 2.45) is 0 Å². The van der Waals surface area contributed by atoms with Crippen LogP contribution in [0.3, 0.4) is 0 Å². The summed E-state index contributed by atoms with van der Waals surface area (Å²) < 4.78 is 40.1. The molecule has 0 bridgehead atoms. The van der Waals surface area contributed by atoms with Crippen LogP contribution in [-0.2, 0) is 14.8 Å². The summed E-state index contributed by atoms with van der Waals surface area (Å²) in [7, 11) is -3.89. The molecule has 2 aromatic rings. The Kier molecular flexibility index (Phi) is 6.82. The van der Waals surface area contributed by atoms with Crippen molar-refractivity contribution in [3.05, 3.63) is 59.4 Å². The zero-order chi connectivity index (χ0) is 21.1. The van der Waals surface area contributed by atoms with Gasteiger partial charge in [0.25, 0.3) is 0 Å². The lowest BCUT2D eigenvalue weighted by atomic mass is 9.98. The molecule has 0 aliphatic rings. The van der Waals surface area contributed by atoms with Crippen LogP contribution in [-0.4, -0.2) is 26.6 Å². The van der Waals surface area contributed by atoms with E-state index in [4.69, 9.17) is 0 Å². The number of benzene rings is 2. The molecule has 0 saturated heterocycles. The highest BCUT2D eigenvalue weighted by Gasteiger charge is 2.33. The molecule has 1 N–H and O–H groups in total. The van der Waals surface area contributed by atoms with Gasteiger partial charge in [0.1, 0.15) is 11.9 Å². The zero-order valence-electron chi connectivity index (χ0n) is 16.9. The van der Waals surface area contributed by atoms with E-state index in [1.807, 2.05) is 39.0 Å². The number of nitrogens with zero attached hydrogens (tertiary/aromatic N) is 1. The van der Waals surface area contributed by atoms with Crippen LogP contribution < -0.4 is 9.62 Å². The molecule has 0 aliphatic carbocycles. The van der Waals surface area contributed by atoms with Crippen molar-refractivity contribution in [3.8, 4) is 0 Å². The van der Waals surface area contributed by atoms with Gasteiger partial charge in [-0.1, -0.05) is 51.1 Å². The van der Waals surface area contributed by atoms with Crippen LogP contribution in [0, 0.1) is 12.7 Å². The highest BCUT2D eigenvalue weighted by molar-refractivity contribution is 7.92. The van der Waals surface area contributed by atoms with Crippen LogP contribution in [0.2, 0.25) is 0 Å². The average molecular weight is 407 g/mol. The number of sulfonamides is 1. The first kappa shape index (κ1) is 21.9. The maximum absolute atomic E-state index is 14.4. The van der Waals surface area contributed by atoms with E-state index in [2.05, 4.69) is 5.32 Å². The summed E-state index contributed by atoms with van der Waals surface area (Å²) in [5.74, 6) is -1.02. The second kappa shape index (κ2) is 8.73. The minimum atomic E-state index is -3.89. The van der Waals surface area contributed by atoms with Gasteiger partial charge < -0.3 is 5.32 Å². The quantitative estimate of drug-likeness (QED) is 0.739. The van der Waals surface area contributed by atoms with Crippen molar-refractivity contribution in [3.63, 3.8) is 0 Å². The Morgan fingerprint density at radius 2 is 1.79 bits per heavy atom. The smallest absolute Gasteiger partial charge is 0.248 e. The van der Waals surface area contributed by atoms with E-state index < -0.39 is 27.8 Å². The first-order chi connectivity index (χ1) is 13.1. The Labute approximate surface area is 166 Å². The topological polar surface area (TPSA) is 66.5 Å². The Morgan fingerprint density at radius 3 is 2.32 bits per heavy atom. The third kappa shape index (κ3) is 4.70. The van der Waals surface area contributed by atoms with E-state index in [9.17, 15) is 17.6 Å². The third-order valence-electron chi connectivity index (χ3n) is 4.59. The molecular formula is C21H27FN2O3S. The summed E-state index contributed by atoms with van der Waals surface area (Å²) in [6.07, 6.45) is 1.17. The number of aryl methyl sites for hydroxylation is 1. The molecule has 0 heterocycles. The summed E-state index contributed by atoms with van der Waals surface area (Å²) in [5, 5.41) is 2.89. The molecule has 0 aromatic heterocycles. The summed E-state index contributed by atoms with van der Waals surface area (Å²) in [4.78, 5) is 13.1. The van der Waals surface area contributed by atoms with Gasteiger partial charge >= 0.3 is 0 Å². The van der Waals surface area contributed by atoms with Crippen molar-refractivity contribution in [1.82, 2.24) is 0 Å². The van der Waals surface area contributed by atoms with E-state index in [1.165, 1.54) is 18.2 Å². The van der Waals surface area contributed by atoms with Gasteiger partial charge in [-0.2, -0.15) is 0 Å². The Morgan fingerprint density at radius 1 is 1.14 bits per heavy atom. The molecule has 28 heavy (non-hydrogen) atoms. The Balaban J connectivity index is 2.49. The predicted molar refractivity (Wildman–Crippen MR) is 112 cm³/mol. The van der Waals surface area contributed by atoms with Gasteiger partial charge in [0, 0.05) is 5.69 Å². The normalized spacial score (nSPS) is 12.7. The van der Waals surface area contributed by atoms with Crippen molar-refractivity contribution >= 4 is 27.3 Å². The predicted octanol–water partition coefficient (Wildman–Crippen LogP) is 4.44. The number of anilines is 2. The fourth-order valence-electron chi connectivity index (χ4n) is 3.21. The number of amides is 1. The lowest BCUT2D eigenvalue weighted by Crippen LogP contribution is -2.47. The van der Waals surface area contributed by atoms with Crippen LogP contribution in [0.5, 0.6) is 0 Å². The molecule has 1 amide bonds. The van der Waals surface area contributed by atoms with Gasteiger partial charge in [-0.3, -0.25) is 9.10 Å². The van der Waals surface area contributed by atoms with Crippen molar-refractivity contribution < 1.29 is 17.6 Å². The number of para-hydroxylation sites is 2. The highest BCUT2D eigenvalue weighted by atomic mass is 32.2. The molecule has 0 unspecified atom stereocenters. The number of carbonyl (C=O) groups is 1. The number of hydrogen-bond donors (Lipinski definition) is 1. The van der Waals surface area contributed by atoms with Gasteiger partial charge in [0.2, 0.25) is 15.9 Å². The second-order valence-electron chi connectivity index (χ2n) is 7.12. The van der Waals surface area contributed by atoms with E-state index in [1.54, 1.807) is 13.0 Å². The first-order valence-corrected chi connectivity index (χ1v) is 11.1. The van der Waals surface area contributed by atoms with E-state index in [-0.39, 0.29) is 18.0 Å². The SMILES string of the molecule is CC[C@@H](C(=O)Nc1c(C)cccc1C(C)C)N(c1ccccc1F)S(C)(=O)=O. The van der Waals surface area contributed by atoms with Crippen molar-refractivity contribution in [2.75, 3.05) is 15.9 Å². The van der Waals surface area contributed by atoms with Crippen LogP contribution in [0.15, 0.2) is 42.5 Å². The number of carbonyl (C=O) groups excluding carboxylic acids is 1. The fourth-order valence-corrected chi connectivity index (χ4v) is 4.43. The fraction of sp³-hybridized carbons (Fsp3) is 0.381. The van der Waals surface area contributed by atoms with Crippen LogP contribution in [0.25, 0.3) is 0 Å². The summed E-state index contributed by atoms with van der Waals surface area (Å²) in [6, 6.07) is 10.2. The molecule has 1 atom stereocenters. The lowest BCUT2D eigenvalue weighted by Gasteiger charge is -2.31. The maximum Gasteiger partial charge on any atom is 0.248 e. The number of rotatable bonds is 7. The number of nitrogens with one attached hydrogen (secondary N) is 1. The summed E-state index contributed by atoms with van der Waals surface area (Å²) >= 11 is 0. The van der Waals surface area contributed by atoms with Crippen LogP contribution in [0.1, 0.15) is 44.2 Å². The Hall–Kier alpha value is -2.41. The molecule has 2 aromatic carbocycles. The molecule has 0 radical (unpaired) electrons. The highest BCUT2D eigenvalue weighted by Crippen LogP contribution is 2.30. The third-order valence-corrected chi connectivity index (χ3v) is 5.76. The molecule has 152 valence electrons. The maximum atomic E-state index is 14.4. The number of hydrogen-bond acceptors (Lipinski definition) is 3. The molecule has 0 fully saturated rings. The molecule has 5 nitrogen and oxygen atoms in total. The van der Waals surface area contributed by atoms with Crippen LogP contribution in [0.4, 0.5) is 15.8 Å². The Bertz CT molecular complexity index is 958. The van der Waals surface area contributed by atoms with Gasteiger partial charge in [0.05, 0.1) is 11.9 Å². The lowest BCUT2D eigenvalue weighted by molar-refractivity contribution is -0.117. The number of halogens is 1. The molecule has 2 rings (SSSR count). The molecule has 7 heteroatoms. The van der Waals surface area contributed by atoms with E-state index in [0.29, 0.717) is 5.69 Å². The van der Waals surface area contributed by atoms with Crippen molar-refractivity contribution in [2.45, 2.75) is 46.1 Å². The first-order valence-electron chi connectivity index (χ1n) is 9.22. The van der Waals surface area contributed by atoms with Gasteiger partial charge in [-0.15, -0.1) is 0 Å². The van der Waals surface area contributed by atoms with Gasteiger partial charge in [-0.05, 0) is 42.5 Å². The molecular weight excluding hydrogens is 379 g/mol. The summed E-state index contributed by atoms with van der Waals surface area (Å²) in [6.45, 7) is 7.62. The minimum absolute atomic E-state index is 0.138. The standard InChI is InChI=1S/C21H27FN2O3S/c1-6-18(24(28(5,26)27)19-13-8-7-12-17(19)22)21(25)23-20-15(4)10-9-11-16(20)14(2)3/h7-14,18H,6H2,1-5H3,(H,23,25)/t18-/m0/s1. The monoisotopic (exact) mass is 406 g/mol. The minimum Gasteiger partial charge on any atom is -0.324 e. The van der Waals surface area contributed by atoms with Crippen molar-refractivity contribution in [1.29, 1.82) is 0 Å². The van der Waals surface area contributed by atoms with Crippen LogP contribution >= 0.6 is 0 Å². The van der Waals surface area contributed by atoms with E-state index in [0.717, 1.165) is 21.7 Å². The molecule has 0 aliphatic heterocycles. The average Bonchev–Trinajstić information content (AvgIpc) is 2.60. The molecule has 0 saturated carbocycles. The largest absolute Gasteiger partial charge is 0.324 e. The summed E-state index contributed by atoms with van der Waals surface area (Å²) in [5.41, 5.74) is 2.37. The second-order valence-corrected chi connectivity index (χ2v) is 8.98. The van der Waals surface area contributed by atoms with E-state index >= 15 is 0 Å². The zero-order valence-corrected chi connectivity index (χ0v) is 17.7. The van der Waals surface area contributed by atoms with Gasteiger partial charge in [0.15, 0.2) is 0 Å². The molecule has 0 spiro atoms. The van der Waals surface area contributed by atoms with Gasteiger partial charge in [-0.25, -0.2) is 12.8 Å².